The summed E-state index contributed by atoms with van der Waals surface area (Å²) >= 11 is 1.49. The van der Waals surface area contributed by atoms with Crippen molar-refractivity contribution >= 4 is 23.7 Å². The van der Waals surface area contributed by atoms with Gasteiger partial charge in [0.1, 0.15) is 0 Å². The summed E-state index contributed by atoms with van der Waals surface area (Å²) in [6, 6.07) is 5.59. The molecule has 0 radical (unpaired) electrons. The second kappa shape index (κ2) is 7.84. The van der Waals surface area contributed by atoms with Gasteiger partial charge in [0, 0.05) is 11.3 Å². The summed E-state index contributed by atoms with van der Waals surface area (Å²) in [4.78, 5) is 24.1. The molecule has 1 aromatic carbocycles. The summed E-state index contributed by atoms with van der Waals surface area (Å²) in [5.41, 5.74) is 1.37. The Morgan fingerprint density at radius 2 is 2.05 bits per heavy atom. The third-order valence-electron chi connectivity index (χ3n) is 2.64. The molecule has 0 amide bonds. The number of methoxy groups -OCH3 is 1. The number of ether oxygens (including phenoxy) is 2. The lowest BCUT2D eigenvalue weighted by molar-refractivity contribution is -0.140. The van der Waals surface area contributed by atoms with Gasteiger partial charge in [0.25, 0.3) is 0 Å². The lowest BCUT2D eigenvalue weighted by atomic mass is 10.0. The molecular weight excluding hydrogens is 264 g/mol. The van der Waals surface area contributed by atoms with Crippen molar-refractivity contribution in [2.45, 2.75) is 24.7 Å². The van der Waals surface area contributed by atoms with Gasteiger partial charge < -0.3 is 9.47 Å². The van der Waals surface area contributed by atoms with E-state index in [4.69, 9.17) is 4.74 Å². The van der Waals surface area contributed by atoms with Gasteiger partial charge in [-0.25, -0.2) is 4.79 Å². The molecule has 0 aromatic heterocycles. The predicted molar refractivity (Wildman–Crippen MR) is 74.5 cm³/mol. The molecule has 0 aliphatic heterocycles. The Balaban J connectivity index is 3.01. The van der Waals surface area contributed by atoms with E-state index in [9.17, 15) is 9.59 Å². The normalized spacial score (nSPS) is 10.1. The first-order valence-electron chi connectivity index (χ1n) is 6.03. The number of aryl methyl sites for hydroxylation is 1. The predicted octanol–water partition coefficient (Wildman–Crippen LogP) is 2.69. The Morgan fingerprint density at radius 3 is 2.63 bits per heavy atom. The van der Waals surface area contributed by atoms with Crippen molar-refractivity contribution in [3.63, 3.8) is 0 Å². The van der Waals surface area contributed by atoms with E-state index in [0.717, 1.165) is 10.5 Å². The Bertz CT molecular complexity index is 457. The van der Waals surface area contributed by atoms with Gasteiger partial charge in [-0.3, -0.25) is 4.79 Å². The fourth-order valence-corrected chi connectivity index (χ4v) is 2.36. The van der Waals surface area contributed by atoms with E-state index in [-0.39, 0.29) is 18.4 Å². The van der Waals surface area contributed by atoms with Gasteiger partial charge in [-0.1, -0.05) is 12.1 Å². The Morgan fingerprint density at radius 1 is 1.32 bits per heavy atom. The van der Waals surface area contributed by atoms with Gasteiger partial charge in [-0.15, -0.1) is 11.8 Å². The lowest BCUT2D eigenvalue weighted by Gasteiger charge is -2.12. The first-order valence-corrected chi connectivity index (χ1v) is 7.26. The van der Waals surface area contributed by atoms with Crippen LogP contribution in [0.15, 0.2) is 23.1 Å². The molecule has 0 unspecified atom stereocenters. The van der Waals surface area contributed by atoms with Crippen molar-refractivity contribution in [1.29, 1.82) is 0 Å². The molecule has 19 heavy (non-hydrogen) atoms. The molecule has 0 fully saturated rings. The molecule has 4 nitrogen and oxygen atoms in total. The fourth-order valence-electron chi connectivity index (χ4n) is 1.73. The van der Waals surface area contributed by atoms with E-state index in [2.05, 4.69) is 4.74 Å². The number of rotatable bonds is 6. The zero-order valence-corrected chi connectivity index (χ0v) is 12.2. The molecule has 5 heteroatoms. The highest BCUT2D eigenvalue weighted by molar-refractivity contribution is 7.98. The van der Waals surface area contributed by atoms with Crippen LogP contribution in [0, 0.1) is 0 Å². The van der Waals surface area contributed by atoms with Crippen molar-refractivity contribution in [3.05, 3.63) is 29.3 Å². The highest BCUT2D eigenvalue weighted by Crippen LogP contribution is 2.25. The van der Waals surface area contributed by atoms with Gasteiger partial charge in [0.2, 0.25) is 0 Å². The Hall–Kier alpha value is -1.49. The fraction of sp³-hybridized carbons (Fsp3) is 0.429. The zero-order valence-electron chi connectivity index (χ0n) is 11.4. The minimum atomic E-state index is -0.340. The lowest BCUT2D eigenvalue weighted by Crippen LogP contribution is -2.11. The van der Waals surface area contributed by atoms with E-state index in [0.29, 0.717) is 18.6 Å². The average molecular weight is 282 g/mol. The van der Waals surface area contributed by atoms with E-state index >= 15 is 0 Å². The topological polar surface area (TPSA) is 52.6 Å². The maximum atomic E-state index is 12.0. The second-order valence-electron chi connectivity index (χ2n) is 3.79. The molecule has 0 saturated carbocycles. The number of carbonyl (C=O) groups excluding carboxylic acids is 2. The van der Waals surface area contributed by atoms with Crippen LogP contribution in [-0.4, -0.2) is 31.9 Å². The van der Waals surface area contributed by atoms with Crippen molar-refractivity contribution in [2.75, 3.05) is 20.0 Å². The van der Waals surface area contributed by atoms with Crippen LogP contribution in [0.25, 0.3) is 0 Å². The molecule has 0 saturated heterocycles. The second-order valence-corrected chi connectivity index (χ2v) is 4.64. The Kier molecular flexibility index (Phi) is 6.42. The van der Waals surface area contributed by atoms with E-state index in [1.54, 1.807) is 6.92 Å². The minimum Gasteiger partial charge on any atom is -0.469 e. The van der Waals surface area contributed by atoms with Crippen molar-refractivity contribution in [3.8, 4) is 0 Å². The van der Waals surface area contributed by atoms with Crippen LogP contribution in [-0.2, 0) is 20.7 Å². The minimum absolute atomic E-state index is 0.251. The van der Waals surface area contributed by atoms with Crippen LogP contribution in [0.1, 0.15) is 29.3 Å². The van der Waals surface area contributed by atoms with Gasteiger partial charge in [0.15, 0.2) is 0 Å². The van der Waals surface area contributed by atoms with Crippen molar-refractivity contribution < 1.29 is 19.1 Å². The monoisotopic (exact) mass is 282 g/mol. The maximum Gasteiger partial charge on any atom is 0.339 e. The number of benzene rings is 1. The van der Waals surface area contributed by atoms with E-state index < -0.39 is 0 Å². The summed E-state index contributed by atoms with van der Waals surface area (Å²) in [6.07, 6.45) is 2.62. The molecule has 0 aliphatic rings. The summed E-state index contributed by atoms with van der Waals surface area (Å²) < 4.78 is 9.69. The van der Waals surface area contributed by atoms with Crippen molar-refractivity contribution in [1.82, 2.24) is 0 Å². The third-order valence-corrected chi connectivity index (χ3v) is 3.42. The smallest absolute Gasteiger partial charge is 0.339 e. The quantitative estimate of drug-likeness (QED) is 0.593. The van der Waals surface area contributed by atoms with E-state index in [1.165, 1.54) is 18.9 Å². The van der Waals surface area contributed by atoms with Crippen LogP contribution < -0.4 is 0 Å². The summed E-state index contributed by atoms with van der Waals surface area (Å²) in [5, 5.41) is 0. The summed E-state index contributed by atoms with van der Waals surface area (Å²) in [5.74, 6) is -0.628. The molecule has 0 heterocycles. The molecule has 0 bridgehead atoms. The SMILES string of the molecule is CCOC(=O)c1c(CCC(=O)OC)cccc1SC. The molecule has 0 aliphatic carbocycles. The average Bonchev–Trinajstić information content (AvgIpc) is 2.44. The number of carbonyl (C=O) groups is 2. The van der Waals surface area contributed by atoms with Gasteiger partial charge in [0.05, 0.1) is 19.3 Å². The molecule has 1 rings (SSSR count). The van der Waals surface area contributed by atoms with Gasteiger partial charge in [-0.2, -0.15) is 0 Å². The number of thioether (sulfide) groups is 1. The van der Waals surface area contributed by atoms with Crippen LogP contribution in [0.5, 0.6) is 0 Å². The molecule has 104 valence electrons. The molecule has 1 aromatic rings. The number of hydrogen-bond acceptors (Lipinski definition) is 5. The number of hydrogen-bond donors (Lipinski definition) is 0. The van der Waals surface area contributed by atoms with Gasteiger partial charge in [-0.05, 0) is 31.2 Å². The highest BCUT2D eigenvalue weighted by atomic mass is 32.2. The zero-order chi connectivity index (χ0) is 14.3. The number of esters is 2. The Labute approximate surface area is 117 Å². The largest absolute Gasteiger partial charge is 0.469 e. The highest BCUT2D eigenvalue weighted by Gasteiger charge is 2.17. The van der Waals surface area contributed by atoms with Crippen LogP contribution in [0.4, 0.5) is 0 Å². The van der Waals surface area contributed by atoms with Crippen LogP contribution in [0.3, 0.4) is 0 Å². The maximum absolute atomic E-state index is 12.0. The summed E-state index contributed by atoms with van der Waals surface area (Å²) in [7, 11) is 1.35. The van der Waals surface area contributed by atoms with Gasteiger partial charge >= 0.3 is 11.9 Å². The van der Waals surface area contributed by atoms with E-state index in [1.807, 2.05) is 24.5 Å². The summed E-state index contributed by atoms with van der Waals surface area (Å²) in [6.45, 7) is 2.10. The molecule has 0 N–H and O–H groups in total. The van der Waals surface area contributed by atoms with Crippen molar-refractivity contribution in [2.24, 2.45) is 0 Å². The molecule has 0 atom stereocenters. The van der Waals surface area contributed by atoms with Crippen LogP contribution in [0.2, 0.25) is 0 Å². The first kappa shape index (κ1) is 15.6. The third kappa shape index (κ3) is 4.28. The molecule has 0 spiro atoms. The molecular formula is C14H18O4S. The van der Waals surface area contributed by atoms with Crippen LogP contribution >= 0.6 is 11.8 Å². The standard InChI is InChI=1S/C14H18O4S/c1-4-18-14(16)13-10(8-9-12(15)17-2)6-5-7-11(13)19-3/h5-7H,4,8-9H2,1-3H3. The first-order chi connectivity index (χ1) is 9.13.